The van der Waals surface area contributed by atoms with Crippen molar-refractivity contribution in [3.05, 3.63) is 48.5 Å². The smallest absolute Gasteiger partial charge is 0.326 e. The summed E-state index contributed by atoms with van der Waals surface area (Å²) in [6.07, 6.45) is 0.00521. The van der Waals surface area contributed by atoms with Crippen molar-refractivity contribution in [3.63, 3.8) is 0 Å². The van der Waals surface area contributed by atoms with Crippen LogP contribution in [0.4, 0.5) is 11.4 Å². The Morgan fingerprint density at radius 3 is 2.19 bits per heavy atom. The van der Waals surface area contributed by atoms with E-state index in [1.165, 1.54) is 8.61 Å². The van der Waals surface area contributed by atoms with Crippen LogP contribution >= 0.6 is 0 Å². The average Bonchev–Trinajstić information content (AvgIpc) is 2.98. The first-order valence-corrected chi connectivity index (χ1v) is 11.9. The zero-order valence-electron chi connectivity index (χ0n) is 17.5. The second kappa shape index (κ2) is 7.33. The standard InChI is InChI=1S/C22H25N3O5S/c1-15-21(30-20-10-6-5-9-19(20)29-15)22(26)24-13-11-16(12-14-24)25-18-8-4-3-7-17(18)23(2)31(25,27)28/h3-10,15-16,21H,11-14H2,1-2H3/t15-,21-/m0/s1. The SMILES string of the molecule is C[C@@H]1Oc2ccccc2O[C@@H]1C(=O)N1CCC(N2c3ccccc3N(C)S2(=O)=O)CC1. The van der Waals surface area contributed by atoms with E-state index in [1.54, 1.807) is 18.0 Å². The number of rotatable bonds is 2. The lowest BCUT2D eigenvalue weighted by molar-refractivity contribution is -0.145. The molecule has 31 heavy (non-hydrogen) atoms. The highest BCUT2D eigenvalue weighted by Crippen LogP contribution is 2.42. The molecule has 0 aliphatic carbocycles. The predicted octanol–water partition coefficient (Wildman–Crippen LogP) is 2.41. The third-order valence-electron chi connectivity index (χ3n) is 6.25. The van der Waals surface area contributed by atoms with E-state index in [0.29, 0.717) is 48.8 Å². The normalized spacial score (nSPS) is 24.8. The van der Waals surface area contributed by atoms with E-state index < -0.39 is 22.4 Å². The Balaban J connectivity index is 1.30. The van der Waals surface area contributed by atoms with E-state index in [2.05, 4.69) is 0 Å². The number of ether oxygens (including phenoxy) is 2. The average molecular weight is 444 g/mol. The quantitative estimate of drug-likeness (QED) is 0.712. The molecule has 1 fully saturated rings. The highest BCUT2D eigenvalue weighted by atomic mass is 32.2. The van der Waals surface area contributed by atoms with E-state index in [4.69, 9.17) is 9.47 Å². The van der Waals surface area contributed by atoms with E-state index in [1.807, 2.05) is 49.4 Å². The lowest BCUT2D eigenvalue weighted by Gasteiger charge is -2.39. The minimum atomic E-state index is -3.61. The first-order chi connectivity index (χ1) is 14.9. The molecular formula is C22H25N3O5S. The van der Waals surface area contributed by atoms with Gasteiger partial charge in [0.2, 0.25) is 6.10 Å². The summed E-state index contributed by atoms with van der Waals surface area (Å²) in [7, 11) is -2.03. The molecule has 0 spiro atoms. The number of carbonyl (C=O) groups is 1. The Kier molecular flexibility index (Phi) is 4.73. The predicted molar refractivity (Wildman–Crippen MR) is 117 cm³/mol. The number of hydrogen-bond acceptors (Lipinski definition) is 5. The van der Waals surface area contributed by atoms with Gasteiger partial charge in [-0.05, 0) is 44.0 Å². The molecule has 0 unspecified atom stereocenters. The second-order valence-corrected chi connectivity index (χ2v) is 9.96. The molecule has 3 heterocycles. The van der Waals surface area contributed by atoms with Crippen LogP contribution in [-0.4, -0.2) is 57.6 Å². The van der Waals surface area contributed by atoms with Crippen molar-refractivity contribution in [1.82, 2.24) is 4.90 Å². The Hall–Kier alpha value is -2.94. The summed E-state index contributed by atoms with van der Waals surface area (Å²) in [6, 6.07) is 14.5. The zero-order valence-corrected chi connectivity index (χ0v) is 18.3. The number of benzene rings is 2. The maximum absolute atomic E-state index is 13.2. The number of piperidine rings is 1. The van der Waals surface area contributed by atoms with Crippen LogP contribution in [-0.2, 0) is 15.0 Å². The van der Waals surface area contributed by atoms with E-state index in [-0.39, 0.29) is 11.9 Å². The third kappa shape index (κ3) is 3.18. The van der Waals surface area contributed by atoms with Gasteiger partial charge in [-0.25, -0.2) is 4.31 Å². The Labute approximate surface area is 182 Å². The highest BCUT2D eigenvalue weighted by Gasteiger charge is 2.44. The van der Waals surface area contributed by atoms with Gasteiger partial charge in [-0.1, -0.05) is 24.3 Å². The molecule has 0 saturated carbocycles. The number of carbonyl (C=O) groups excluding carboxylic acids is 1. The van der Waals surface area contributed by atoms with Gasteiger partial charge in [-0.2, -0.15) is 8.42 Å². The molecule has 2 atom stereocenters. The molecule has 2 aromatic carbocycles. The largest absolute Gasteiger partial charge is 0.482 e. The molecule has 0 aromatic heterocycles. The number of amides is 1. The minimum Gasteiger partial charge on any atom is -0.482 e. The van der Waals surface area contributed by atoms with Crippen molar-refractivity contribution < 1.29 is 22.7 Å². The molecule has 5 rings (SSSR count). The lowest BCUT2D eigenvalue weighted by Crippen LogP contribution is -2.55. The Morgan fingerprint density at radius 1 is 0.935 bits per heavy atom. The number of anilines is 2. The highest BCUT2D eigenvalue weighted by molar-refractivity contribution is 7.94. The van der Waals surface area contributed by atoms with Gasteiger partial charge in [0.1, 0.15) is 6.10 Å². The second-order valence-electron chi connectivity index (χ2n) is 8.12. The number of para-hydroxylation sites is 4. The molecule has 1 amide bonds. The molecule has 0 radical (unpaired) electrons. The summed E-state index contributed by atoms with van der Waals surface area (Å²) in [6.45, 7) is 2.76. The van der Waals surface area contributed by atoms with Crippen molar-refractivity contribution in [1.29, 1.82) is 0 Å². The fraction of sp³-hybridized carbons (Fsp3) is 0.409. The summed E-state index contributed by atoms with van der Waals surface area (Å²) >= 11 is 0. The van der Waals surface area contributed by atoms with Gasteiger partial charge < -0.3 is 14.4 Å². The van der Waals surface area contributed by atoms with Gasteiger partial charge in [0, 0.05) is 20.1 Å². The minimum absolute atomic E-state index is 0.123. The van der Waals surface area contributed by atoms with Crippen LogP contribution < -0.4 is 18.1 Å². The van der Waals surface area contributed by atoms with Gasteiger partial charge >= 0.3 is 10.2 Å². The fourth-order valence-electron chi connectivity index (χ4n) is 4.57. The monoisotopic (exact) mass is 443 g/mol. The molecule has 0 bridgehead atoms. The summed E-state index contributed by atoms with van der Waals surface area (Å²) < 4.78 is 40.7. The zero-order chi connectivity index (χ0) is 21.8. The fourth-order valence-corrected chi connectivity index (χ4v) is 6.23. The van der Waals surface area contributed by atoms with Crippen LogP contribution in [0.1, 0.15) is 19.8 Å². The van der Waals surface area contributed by atoms with Crippen molar-refractivity contribution in [2.45, 2.75) is 38.0 Å². The van der Waals surface area contributed by atoms with E-state index in [9.17, 15) is 13.2 Å². The van der Waals surface area contributed by atoms with Crippen molar-refractivity contribution in [2.24, 2.45) is 0 Å². The molecular weight excluding hydrogens is 418 g/mol. The first-order valence-electron chi connectivity index (χ1n) is 10.5. The lowest BCUT2D eigenvalue weighted by atomic mass is 10.0. The maximum atomic E-state index is 13.2. The first kappa shape index (κ1) is 20.0. The molecule has 2 aromatic rings. The van der Waals surface area contributed by atoms with Crippen LogP contribution in [0.5, 0.6) is 11.5 Å². The summed E-state index contributed by atoms with van der Waals surface area (Å²) in [5.74, 6) is 1.08. The van der Waals surface area contributed by atoms with Gasteiger partial charge in [0.05, 0.1) is 17.4 Å². The van der Waals surface area contributed by atoms with Gasteiger partial charge in [-0.15, -0.1) is 0 Å². The number of fused-ring (bicyclic) bond motifs is 2. The van der Waals surface area contributed by atoms with Crippen molar-refractivity contribution >= 4 is 27.5 Å². The third-order valence-corrected chi connectivity index (χ3v) is 8.13. The van der Waals surface area contributed by atoms with Crippen LogP contribution in [0, 0.1) is 0 Å². The van der Waals surface area contributed by atoms with E-state index in [0.717, 1.165) is 0 Å². The topological polar surface area (TPSA) is 79.4 Å². The van der Waals surface area contributed by atoms with Crippen LogP contribution in [0.2, 0.25) is 0 Å². The van der Waals surface area contributed by atoms with Crippen LogP contribution in [0.25, 0.3) is 0 Å². The summed E-state index contributed by atoms with van der Waals surface area (Å²) in [5, 5.41) is 0. The molecule has 164 valence electrons. The molecule has 3 aliphatic rings. The number of hydrogen-bond donors (Lipinski definition) is 0. The molecule has 3 aliphatic heterocycles. The van der Waals surface area contributed by atoms with Gasteiger partial charge in [-0.3, -0.25) is 9.10 Å². The Bertz CT molecular complexity index is 1110. The number of nitrogens with zero attached hydrogens (tertiary/aromatic N) is 3. The molecule has 1 saturated heterocycles. The molecule has 9 heteroatoms. The summed E-state index contributed by atoms with van der Waals surface area (Å²) in [5.41, 5.74) is 1.38. The maximum Gasteiger partial charge on any atom is 0.326 e. The van der Waals surface area contributed by atoms with E-state index >= 15 is 0 Å². The van der Waals surface area contributed by atoms with Crippen LogP contribution in [0.3, 0.4) is 0 Å². The van der Waals surface area contributed by atoms with Crippen LogP contribution in [0.15, 0.2) is 48.5 Å². The summed E-state index contributed by atoms with van der Waals surface area (Å²) in [4.78, 5) is 14.9. The molecule has 0 N–H and O–H groups in total. The van der Waals surface area contributed by atoms with Crippen molar-refractivity contribution in [2.75, 3.05) is 28.7 Å². The molecule has 8 nitrogen and oxygen atoms in total. The Morgan fingerprint density at radius 2 is 1.52 bits per heavy atom. The van der Waals surface area contributed by atoms with Gasteiger partial charge in [0.15, 0.2) is 11.5 Å². The van der Waals surface area contributed by atoms with Gasteiger partial charge in [0.25, 0.3) is 5.91 Å². The van der Waals surface area contributed by atoms with Crippen molar-refractivity contribution in [3.8, 4) is 11.5 Å². The number of likely N-dealkylation sites (tertiary alicyclic amines) is 1.